The quantitative estimate of drug-likeness (QED) is 0.531. The number of methoxy groups -OCH3 is 1. The number of benzene rings is 1. The highest BCUT2D eigenvalue weighted by atomic mass is 35.5. The van der Waals surface area contributed by atoms with Crippen molar-refractivity contribution in [2.75, 3.05) is 19.1 Å². The summed E-state index contributed by atoms with van der Waals surface area (Å²) in [6, 6.07) is 9.05. The van der Waals surface area contributed by atoms with Gasteiger partial charge in [-0.05, 0) is 55.0 Å². The summed E-state index contributed by atoms with van der Waals surface area (Å²) in [4.78, 5) is 2.13. The molecule has 8 heteroatoms. The second kappa shape index (κ2) is 8.47. The Morgan fingerprint density at radius 1 is 1.28 bits per heavy atom. The van der Waals surface area contributed by atoms with E-state index in [4.69, 9.17) is 21.4 Å². The Kier molecular flexibility index (Phi) is 5.51. The van der Waals surface area contributed by atoms with Crippen LogP contribution in [0.5, 0.6) is 0 Å². The van der Waals surface area contributed by atoms with Crippen molar-refractivity contribution >= 4 is 24.1 Å². The van der Waals surface area contributed by atoms with Crippen molar-refractivity contribution in [3.05, 3.63) is 82.4 Å². The van der Waals surface area contributed by atoms with Gasteiger partial charge in [-0.2, -0.15) is 9.67 Å². The van der Waals surface area contributed by atoms with Gasteiger partial charge in [0, 0.05) is 23.5 Å². The van der Waals surface area contributed by atoms with E-state index in [0.29, 0.717) is 11.8 Å². The van der Waals surface area contributed by atoms with Crippen molar-refractivity contribution in [2.45, 2.75) is 37.8 Å². The molecular formula is C24H26ClFN5O+. The first-order valence-corrected chi connectivity index (χ1v) is 11.2. The van der Waals surface area contributed by atoms with Crippen LogP contribution in [-0.4, -0.2) is 45.8 Å². The van der Waals surface area contributed by atoms with Crippen LogP contribution in [0.4, 0.5) is 10.2 Å². The largest absolute Gasteiger partial charge is 0.499 e. The van der Waals surface area contributed by atoms with E-state index in [1.807, 2.05) is 24.4 Å². The number of nitrogens with one attached hydrogen (secondary N) is 1. The Morgan fingerprint density at radius 3 is 2.81 bits per heavy atom. The molecule has 0 amide bonds. The fourth-order valence-corrected chi connectivity index (χ4v) is 4.83. The molecule has 2 unspecified atom stereocenters. The smallest absolute Gasteiger partial charge is 0.292 e. The molecule has 1 aromatic heterocycles. The normalized spacial score (nSPS) is 22.8. The summed E-state index contributed by atoms with van der Waals surface area (Å²) in [5.41, 5.74) is 3.22. The molecule has 0 spiro atoms. The molecule has 1 aromatic carbocycles. The highest BCUT2D eigenvalue weighted by molar-refractivity contribution is 6.28. The number of hydrogen-bond acceptors (Lipinski definition) is 4. The maximum Gasteiger partial charge on any atom is 0.292 e. The van der Waals surface area contributed by atoms with Gasteiger partial charge < -0.3 is 15.0 Å². The lowest BCUT2D eigenvalue weighted by atomic mass is 9.97. The number of aromatic nitrogens is 2. The van der Waals surface area contributed by atoms with Gasteiger partial charge in [0.25, 0.3) is 5.16 Å². The molecule has 3 heterocycles. The predicted octanol–water partition coefficient (Wildman–Crippen LogP) is 4.57. The minimum atomic E-state index is -0.217. The number of hydrogen-bond donors (Lipinski definition) is 1. The number of anilines is 1. The summed E-state index contributed by atoms with van der Waals surface area (Å²) >= 11 is 6.18. The van der Waals surface area contributed by atoms with E-state index in [1.54, 1.807) is 11.7 Å². The fraction of sp³-hybridized carbons (Fsp3) is 0.333. The van der Waals surface area contributed by atoms with Gasteiger partial charge in [-0.25, -0.2) is 4.39 Å². The Morgan fingerprint density at radius 2 is 2.09 bits per heavy atom. The lowest BCUT2D eigenvalue weighted by Crippen LogP contribution is -2.35. The summed E-state index contributed by atoms with van der Waals surface area (Å²) < 4.78 is 22.9. The molecule has 0 radical (unpaired) electrons. The maximum atomic E-state index is 13.4. The molecule has 6 nitrogen and oxygen atoms in total. The molecule has 3 aliphatic rings. The number of fused-ring (bicyclic) bond motifs is 1. The minimum absolute atomic E-state index is 0.0732. The Hall–Kier alpha value is -3.06. The van der Waals surface area contributed by atoms with E-state index in [-0.39, 0.29) is 17.9 Å². The first-order chi connectivity index (χ1) is 15.5. The van der Waals surface area contributed by atoms with Crippen LogP contribution in [0.1, 0.15) is 36.6 Å². The first-order valence-electron chi connectivity index (χ1n) is 10.8. The van der Waals surface area contributed by atoms with Gasteiger partial charge in [0.15, 0.2) is 5.82 Å². The van der Waals surface area contributed by atoms with Crippen molar-refractivity contribution in [2.24, 2.45) is 0 Å². The Balaban J connectivity index is 1.34. The second-order valence-electron chi connectivity index (χ2n) is 8.36. The van der Waals surface area contributed by atoms with Crippen molar-refractivity contribution < 1.29 is 13.7 Å². The molecule has 166 valence electrons. The molecule has 0 fully saturated rings. The maximum absolute atomic E-state index is 13.4. The number of aryl methyl sites for hydroxylation is 1. The average Bonchev–Trinajstić information content (AvgIpc) is 3.36. The average molecular weight is 455 g/mol. The van der Waals surface area contributed by atoms with Crippen LogP contribution in [0.25, 0.3) is 0 Å². The highest BCUT2D eigenvalue weighted by Crippen LogP contribution is 2.33. The van der Waals surface area contributed by atoms with Crippen LogP contribution in [0, 0.1) is 5.82 Å². The minimum Gasteiger partial charge on any atom is -0.499 e. The molecule has 2 aromatic rings. The number of allylic oxidation sites excluding steroid dienone is 1. The Labute approximate surface area is 191 Å². The number of nitrogens with zero attached hydrogens (tertiary/aromatic N) is 4. The summed E-state index contributed by atoms with van der Waals surface area (Å²) in [5.74, 6) is 1.45. The number of rotatable bonds is 5. The second-order valence-corrected chi connectivity index (χ2v) is 8.75. The van der Waals surface area contributed by atoms with Gasteiger partial charge in [-0.1, -0.05) is 18.2 Å². The van der Waals surface area contributed by atoms with Crippen LogP contribution in [-0.2, 0) is 11.2 Å². The van der Waals surface area contributed by atoms with Gasteiger partial charge in [-0.15, -0.1) is 0 Å². The Bertz CT molecular complexity index is 1130. The van der Waals surface area contributed by atoms with Crippen molar-refractivity contribution in [1.82, 2.24) is 14.7 Å². The third kappa shape index (κ3) is 3.93. The molecule has 32 heavy (non-hydrogen) atoms. The number of ether oxygens (including phenoxy) is 1. The SMILES string of the molecule is C=[N+]1CN(C2CC=C(Nc3cc4n(n3)C(c3ccc(F)cc3)CCC4)C=C2OC)C=C1Cl. The van der Waals surface area contributed by atoms with E-state index in [2.05, 4.69) is 33.8 Å². The van der Waals surface area contributed by atoms with E-state index in [9.17, 15) is 4.39 Å². The topological polar surface area (TPSA) is 45.3 Å². The molecular weight excluding hydrogens is 429 g/mol. The lowest BCUT2D eigenvalue weighted by Gasteiger charge is -2.28. The molecule has 1 N–H and O–H groups in total. The zero-order valence-corrected chi connectivity index (χ0v) is 18.7. The third-order valence-electron chi connectivity index (χ3n) is 6.28. The van der Waals surface area contributed by atoms with Crippen LogP contribution in [0.2, 0.25) is 0 Å². The van der Waals surface area contributed by atoms with Gasteiger partial charge >= 0.3 is 0 Å². The van der Waals surface area contributed by atoms with Crippen molar-refractivity contribution in [3.63, 3.8) is 0 Å². The lowest BCUT2D eigenvalue weighted by molar-refractivity contribution is -0.464. The van der Waals surface area contributed by atoms with E-state index in [0.717, 1.165) is 48.5 Å². The highest BCUT2D eigenvalue weighted by Gasteiger charge is 2.32. The molecule has 0 saturated heterocycles. The summed E-state index contributed by atoms with van der Waals surface area (Å²) in [6.45, 7) is 4.55. The zero-order valence-electron chi connectivity index (χ0n) is 18.0. The molecule has 5 rings (SSSR count). The van der Waals surface area contributed by atoms with E-state index >= 15 is 0 Å². The van der Waals surface area contributed by atoms with Gasteiger partial charge in [0.05, 0.1) is 25.4 Å². The van der Waals surface area contributed by atoms with Gasteiger partial charge in [0.1, 0.15) is 18.3 Å². The molecule has 0 bridgehead atoms. The van der Waals surface area contributed by atoms with Crippen molar-refractivity contribution in [3.8, 4) is 0 Å². The summed E-state index contributed by atoms with van der Waals surface area (Å²) in [7, 11) is 1.69. The first kappa shape index (κ1) is 20.8. The van der Waals surface area contributed by atoms with E-state index < -0.39 is 0 Å². The van der Waals surface area contributed by atoms with E-state index in [1.165, 1.54) is 17.8 Å². The summed E-state index contributed by atoms with van der Waals surface area (Å²) in [5, 5.41) is 8.90. The molecule has 1 aliphatic carbocycles. The van der Waals surface area contributed by atoms with Gasteiger partial charge in [-0.3, -0.25) is 4.68 Å². The molecule has 0 saturated carbocycles. The van der Waals surface area contributed by atoms with Crippen LogP contribution < -0.4 is 5.32 Å². The fourth-order valence-electron chi connectivity index (χ4n) is 4.65. The predicted molar refractivity (Wildman–Crippen MR) is 123 cm³/mol. The van der Waals surface area contributed by atoms with Crippen LogP contribution in [0.15, 0.2) is 65.3 Å². The standard InChI is InChI=1S/C24H26ClFN5O/c1-29-15-30(14-23(29)25)21-11-10-18(12-22(21)32-2)27-24-13-19-4-3-5-20(31(19)28-24)16-6-8-17(26)9-7-16/h6-10,12-14,20-21H,1,3-5,11,15H2,2H3,(H,27,28)/q+1. The van der Waals surface area contributed by atoms with Gasteiger partial charge in [0.2, 0.25) is 6.67 Å². The number of halogens is 2. The van der Waals surface area contributed by atoms with Crippen LogP contribution in [0.3, 0.4) is 0 Å². The summed E-state index contributed by atoms with van der Waals surface area (Å²) in [6.07, 6.45) is 9.90. The monoisotopic (exact) mass is 454 g/mol. The molecule has 2 aliphatic heterocycles. The third-order valence-corrected chi connectivity index (χ3v) is 6.61. The zero-order chi connectivity index (χ0) is 22.2. The van der Waals surface area contributed by atoms with Crippen molar-refractivity contribution in [1.29, 1.82) is 0 Å². The molecule has 2 atom stereocenters. The van der Waals surface area contributed by atoms with Crippen LogP contribution >= 0.6 is 11.6 Å².